The van der Waals surface area contributed by atoms with E-state index in [2.05, 4.69) is 0 Å². The molecule has 2 saturated heterocycles. The Hall–Kier alpha value is -5.12. The van der Waals surface area contributed by atoms with Crippen LogP contribution in [0.4, 0.5) is 0 Å². The Morgan fingerprint density at radius 1 is 0.364 bits per heavy atom. The molecule has 0 spiro atoms. The van der Waals surface area contributed by atoms with Gasteiger partial charge in [0.15, 0.2) is 12.6 Å². The number of aliphatic hydroxyl groups excluding tert-OH is 1. The molecule has 1 N–H and O–H groups in total. The summed E-state index contributed by atoms with van der Waals surface area (Å²) in [4.78, 5) is 0. The zero-order valence-electron chi connectivity index (χ0n) is 37.3. The highest BCUT2D eigenvalue weighted by atomic mass is 16.8. The van der Waals surface area contributed by atoms with Gasteiger partial charge in [-0.2, -0.15) is 0 Å². The van der Waals surface area contributed by atoms with E-state index in [0.717, 1.165) is 33.4 Å². The molecule has 0 radical (unpaired) electrons. The van der Waals surface area contributed by atoms with Gasteiger partial charge >= 0.3 is 0 Å². The third kappa shape index (κ3) is 13.5. The molecule has 11 nitrogen and oxygen atoms in total. The monoisotopic (exact) mass is 896 g/mol. The van der Waals surface area contributed by atoms with Gasteiger partial charge in [0.2, 0.25) is 0 Å². The normalized spacial score (nSPS) is 25.4. The van der Waals surface area contributed by atoms with E-state index >= 15 is 0 Å². The first-order valence-corrected chi connectivity index (χ1v) is 22.6. The topological polar surface area (TPSA) is 113 Å². The molecule has 66 heavy (non-hydrogen) atoms. The van der Waals surface area contributed by atoms with Gasteiger partial charge in [0.25, 0.3) is 0 Å². The first-order valence-electron chi connectivity index (χ1n) is 22.6. The van der Waals surface area contributed by atoms with Crippen LogP contribution < -0.4 is 0 Å². The van der Waals surface area contributed by atoms with Gasteiger partial charge in [-0.1, -0.05) is 182 Å². The molecule has 346 valence electrons. The van der Waals surface area contributed by atoms with Crippen molar-refractivity contribution in [2.45, 2.75) is 101 Å². The third-order valence-electron chi connectivity index (χ3n) is 11.7. The van der Waals surface area contributed by atoms with Crippen molar-refractivity contribution in [1.82, 2.24) is 0 Å². The summed E-state index contributed by atoms with van der Waals surface area (Å²) < 4.78 is 66.4. The summed E-state index contributed by atoms with van der Waals surface area (Å²) >= 11 is 0. The molecular weight excluding hydrogens is 837 g/mol. The van der Waals surface area contributed by atoms with E-state index in [1.165, 1.54) is 0 Å². The summed E-state index contributed by atoms with van der Waals surface area (Å²) in [6, 6.07) is 59.4. The van der Waals surface area contributed by atoms with Crippen LogP contribution in [0.25, 0.3) is 0 Å². The smallest absolute Gasteiger partial charge is 0.187 e. The predicted octanol–water partition coefficient (Wildman–Crippen LogP) is 8.60. The molecular formula is C55H60O11. The van der Waals surface area contributed by atoms with Crippen molar-refractivity contribution in [2.24, 2.45) is 0 Å². The number of aliphatic hydroxyl groups is 1. The van der Waals surface area contributed by atoms with Crippen LogP contribution in [0.15, 0.2) is 182 Å². The zero-order chi connectivity index (χ0) is 45.2. The fraction of sp³-hybridized carbons (Fsp3) is 0.345. The SMILES string of the molecule is COC1OC(COCc2ccccc2)C(OCc2ccccc2)C(OC2OC(COCc3ccccc3)C(OCc3ccccc3)C(OCc3ccccc3)C2O)C1OCc1ccccc1. The summed E-state index contributed by atoms with van der Waals surface area (Å²) in [5.74, 6) is 0. The highest BCUT2D eigenvalue weighted by Gasteiger charge is 2.54. The van der Waals surface area contributed by atoms with E-state index in [0.29, 0.717) is 13.2 Å². The minimum absolute atomic E-state index is 0.110. The number of hydrogen-bond acceptors (Lipinski definition) is 11. The average molecular weight is 897 g/mol. The maximum Gasteiger partial charge on any atom is 0.187 e. The summed E-state index contributed by atoms with van der Waals surface area (Å²) in [5.41, 5.74) is 5.81. The number of rotatable bonds is 23. The number of methoxy groups -OCH3 is 1. The van der Waals surface area contributed by atoms with E-state index in [1.54, 1.807) is 7.11 Å². The van der Waals surface area contributed by atoms with Gasteiger partial charge in [0.05, 0.1) is 52.9 Å². The van der Waals surface area contributed by atoms with Gasteiger partial charge in [-0.25, -0.2) is 0 Å². The van der Waals surface area contributed by atoms with Gasteiger partial charge in [-0.3, -0.25) is 0 Å². The van der Waals surface area contributed by atoms with Crippen molar-refractivity contribution in [3.05, 3.63) is 215 Å². The van der Waals surface area contributed by atoms with Crippen LogP contribution in [0.3, 0.4) is 0 Å². The van der Waals surface area contributed by atoms with Crippen molar-refractivity contribution in [1.29, 1.82) is 0 Å². The molecule has 0 aromatic heterocycles. The largest absolute Gasteiger partial charge is 0.385 e. The second kappa shape index (κ2) is 25.1. The lowest BCUT2D eigenvalue weighted by Crippen LogP contribution is -2.66. The Morgan fingerprint density at radius 3 is 1.03 bits per heavy atom. The van der Waals surface area contributed by atoms with E-state index in [9.17, 15) is 5.11 Å². The van der Waals surface area contributed by atoms with Gasteiger partial charge in [0.1, 0.15) is 48.8 Å². The van der Waals surface area contributed by atoms with Crippen LogP contribution in [0, 0.1) is 0 Å². The fourth-order valence-electron chi connectivity index (χ4n) is 8.22. The van der Waals surface area contributed by atoms with Crippen LogP contribution >= 0.6 is 0 Å². The molecule has 0 aliphatic carbocycles. The Balaban J connectivity index is 1.13. The Labute approximate surface area is 388 Å². The standard InChI is InChI=1S/C55H60O11/c1-57-55-53(63-37-45-30-18-7-19-31-45)52(50(61-35-43-26-14-5-15-27-43)47(65-55)39-59-33-41-22-10-3-11-23-41)66-54-48(56)51(62-36-44-28-16-6-17-29-44)49(60-34-42-24-12-4-13-25-42)46(64-54)38-58-32-40-20-8-2-9-21-40/h2-31,46-56H,32-39H2,1H3. The van der Waals surface area contributed by atoms with Crippen LogP contribution in [0.1, 0.15) is 33.4 Å². The zero-order valence-corrected chi connectivity index (χ0v) is 37.3. The van der Waals surface area contributed by atoms with Gasteiger partial charge in [-0.05, 0) is 33.4 Å². The van der Waals surface area contributed by atoms with Crippen LogP contribution in [-0.4, -0.2) is 86.8 Å². The number of ether oxygens (including phenoxy) is 10. The molecule has 2 heterocycles. The minimum Gasteiger partial charge on any atom is -0.385 e. The van der Waals surface area contributed by atoms with Crippen LogP contribution in [0.5, 0.6) is 0 Å². The summed E-state index contributed by atoms with van der Waals surface area (Å²) in [7, 11) is 1.57. The Bertz CT molecular complexity index is 2220. The molecule has 6 aromatic rings. The highest BCUT2D eigenvalue weighted by molar-refractivity contribution is 5.18. The first kappa shape index (κ1) is 47.4. The molecule has 11 heteroatoms. The third-order valence-corrected chi connectivity index (χ3v) is 11.7. The summed E-state index contributed by atoms with van der Waals surface area (Å²) in [5, 5.41) is 12.6. The van der Waals surface area contributed by atoms with Crippen molar-refractivity contribution in [3.8, 4) is 0 Å². The van der Waals surface area contributed by atoms with Gasteiger partial charge in [-0.15, -0.1) is 0 Å². The molecule has 6 aromatic carbocycles. The fourth-order valence-corrected chi connectivity index (χ4v) is 8.22. The van der Waals surface area contributed by atoms with Crippen molar-refractivity contribution in [2.75, 3.05) is 20.3 Å². The molecule has 0 saturated carbocycles. The number of hydrogen-bond donors (Lipinski definition) is 1. The molecule has 2 fully saturated rings. The predicted molar refractivity (Wildman–Crippen MR) is 247 cm³/mol. The van der Waals surface area contributed by atoms with E-state index in [1.807, 2.05) is 182 Å². The second-order valence-corrected chi connectivity index (χ2v) is 16.5. The lowest BCUT2D eigenvalue weighted by atomic mass is 9.96. The van der Waals surface area contributed by atoms with Crippen molar-refractivity contribution in [3.63, 3.8) is 0 Å². The van der Waals surface area contributed by atoms with Crippen LogP contribution in [-0.2, 0) is 87.0 Å². The lowest BCUT2D eigenvalue weighted by Gasteiger charge is -2.49. The minimum atomic E-state index is -1.35. The van der Waals surface area contributed by atoms with E-state index in [4.69, 9.17) is 47.4 Å². The van der Waals surface area contributed by atoms with Crippen LogP contribution in [0.2, 0.25) is 0 Å². The molecule has 2 aliphatic rings. The average Bonchev–Trinajstić information content (AvgIpc) is 3.37. The summed E-state index contributed by atoms with van der Waals surface area (Å²) in [6.45, 7) is 1.84. The molecule has 0 amide bonds. The van der Waals surface area contributed by atoms with Crippen molar-refractivity contribution < 1.29 is 52.5 Å². The van der Waals surface area contributed by atoms with Gasteiger partial charge < -0.3 is 52.5 Å². The Morgan fingerprint density at radius 2 is 0.667 bits per heavy atom. The molecule has 8 rings (SSSR count). The first-order chi connectivity index (χ1) is 32.6. The van der Waals surface area contributed by atoms with E-state index < -0.39 is 61.4 Å². The van der Waals surface area contributed by atoms with Gasteiger partial charge in [0, 0.05) is 7.11 Å². The molecule has 0 bridgehead atoms. The maximum absolute atomic E-state index is 12.6. The summed E-state index contributed by atoms with van der Waals surface area (Å²) in [6.07, 6.45) is -9.26. The molecule has 10 unspecified atom stereocenters. The molecule has 10 atom stereocenters. The highest BCUT2D eigenvalue weighted by Crippen LogP contribution is 2.35. The molecule has 2 aliphatic heterocycles. The Kier molecular flexibility index (Phi) is 18.0. The second-order valence-electron chi connectivity index (χ2n) is 16.5. The lowest BCUT2D eigenvalue weighted by molar-refractivity contribution is -0.373. The quantitative estimate of drug-likeness (QED) is 0.0668. The van der Waals surface area contributed by atoms with Crippen molar-refractivity contribution >= 4 is 0 Å². The van der Waals surface area contributed by atoms with E-state index in [-0.39, 0.29) is 39.6 Å². The maximum atomic E-state index is 12.6. The number of benzene rings is 6.